The third-order valence-corrected chi connectivity index (χ3v) is 4.51. The first kappa shape index (κ1) is 14.9. The van der Waals surface area contributed by atoms with Gasteiger partial charge in [0.2, 0.25) is 5.91 Å². The van der Waals surface area contributed by atoms with Crippen LogP contribution in [0, 0.1) is 13.8 Å². The van der Waals surface area contributed by atoms with Crippen LogP contribution in [-0.2, 0) is 23.2 Å². The van der Waals surface area contributed by atoms with Gasteiger partial charge in [-0.05, 0) is 40.2 Å². The number of fused-ring (bicyclic) bond motifs is 1. The molecule has 118 valence electrons. The van der Waals surface area contributed by atoms with Crippen LogP contribution in [0.5, 0.6) is 0 Å². The third-order valence-electron chi connectivity index (χ3n) is 4.51. The van der Waals surface area contributed by atoms with E-state index in [-0.39, 0.29) is 5.91 Å². The fraction of sp³-hybridized carbons (Fsp3) is 0.529. The molecule has 0 unspecified atom stereocenters. The van der Waals surface area contributed by atoms with Crippen LogP contribution in [0.1, 0.15) is 48.6 Å². The molecule has 3 heterocycles. The molecule has 0 fully saturated rings. The van der Waals surface area contributed by atoms with Gasteiger partial charge in [-0.25, -0.2) is 0 Å². The SMILES string of the molecule is Cc1noc(C)c1C(C)(C)C(=O)N1CCCc2occc2C1. The van der Waals surface area contributed by atoms with Crippen molar-refractivity contribution in [3.05, 3.63) is 40.7 Å². The number of furan rings is 1. The highest BCUT2D eigenvalue weighted by atomic mass is 16.5. The Hall–Kier alpha value is -2.04. The summed E-state index contributed by atoms with van der Waals surface area (Å²) in [7, 11) is 0. The lowest BCUT2D eigenvalue weighted by Crippen LogP contribution is -2.43. The molecule has 0 radical (unpaired) electrons. The highest BCUT2D eigenvalue weighted by Gasteiger charge is 2.38. The van der Waals surface area contributed by atoms with Crippen LogP contribution >= 0.6 is 0 Å². The Labute approximate surface area is 130 Å². The maximum absolute atomic E-state index is 13.1. The van der Waals surface area contributed by atoms with Crippen LogP contribution in [0.15, 0.2) is 21.3 Å². The van der Waals surface area contributed by atoms with E-state index in [2.05, 4.69) is 5.16 Å². The number of hydrogen-bond donors (Lipinski definition) is 0. The largest absolute Gasteiger partial charge is 0.469 e. The van der Waals surface area contributed by atoms with E-state index >= 15 is 0 Å². The third kappa shape index (κ3) is 2.34. The second-order valence-corrected chi connectivity index (χ2v) is 6.52. The first-order valence-corrected chi connectivity index (χ1v) is 7.69. The highest BCUT2D eigenvalue weighted by molar-refractivity contribution is 5.88. The van der Waals surface area contributed by atoms with E-state index in [4.69, 9.17) is 8.94 Å². The Balaban J connectivity index is 1.90. The summed E-state index contributed by atoms with van der Waals surface area (Å²) in [6.45, 7) is 9.00. The molecule has 5 heteroatoms. The summed E-state index contributed by atoms with van der Waals surface area (Å²) < 4.78 is 10.7. The molecule has 1 aliphatic rings. The molecule has 2 aromatic rings. The molecule has 0 aliphatic carbocycles. The monoisotopic (exact) mass is 302 g/mol. The van der Waals surface area contributed by atoms with Crippen LogP contribution in [0.4, 0.5) is 0 Å². The van der Waals surface area contributed by atoms with Gasteiger partial charge in [0.1, 0.15) is 11.5 Å². The standard InChI is InChI=1S/C17H22N2O3/c1-11-15(12(2)22-18-11)17(3,4)16(20)19-8-5-6-14-13(10-19)7-9-21-14/h7,9H,5-6,8,10H2,1-4H3. The number of hydrogen-bond acceptors (Lipinski definition) is 4. The molecule has 0 atom stereocenters. The van der Waals surface area contributed by atoms with Gasteiger partial charge in [-0.3, -0.25) is 4.79 Å². The molecular weight excluding hydrogens is 280 g/mol. The lowest BCUT2D eigenvalue weighted by molar-refractivity contribution is -0.137. The number of aryl methyl sites for hydroxylation is 3. The molecule has 1 aliphatic heterocycles. The Morgan fingerprint density at radius 1 is 1.36 bits per heavy atom. The molecule has 0 aromatic carbocycles. The van der Waals surface area contributed by atoms with E-state index in [1.54, 1.807) is 6.26 Å². The summed E-state index contributed by atoms with van der Waals surface area (Å²) in [6.07, 6.45) is 3.51. The number of carbonyl (C=O) groups is 1. The zero-order valence-corrected chi connectivity index (χ0v) is 13.6. The summed E-state index contributed by atoms with van der Waals surface area (Å²) >= 11 is 0. The minimum absolute atomic E-state index is 0.107. The maximum atomic E-state index is 13.1. The number of amides is 1. The minimum atomic E-state index is -0.650. The van der Waals surface area contributed by atoms with E-state index in [1.807, 2.05) is 38.7 Å². The average Bonchev–Trinajstić information content (AvgIpc) is 2.98. The Morgan fingerprint density at radius 3 is 2.82 bits per heavy atom. The lowest BCUT2D eigenvalue weighted by Gasteiger charge is -2.31. The van der Waals surface area contributed by atoms with E-state index in [0.717, 1.165) is 47.7 Å². The molecule has 2 aromatic heterocycles. The van der Waals surface area contributed by atoms with Crippen molar-refractivity contribution in [1.82, 2.24) is 10.1 Å². The molecule has 0 saturated heterocycles. The van der Waals surface area contributed by atoms with Gasteiger partial charge in [0, 0.05) is 30.6 Å². The molecule has 3 rings (SSSR count). The summed E-state index contributed by atoms with van der Waals surface area (Å²) in [5, 5.41) is 4.00. The molecule has 5 nitrogen and oxygen atoms in total. The molecule has 0 saturated carbocycles. The molecule has 1 amide bonds. The zero-order valence-electron chi connectivity index (χ0n) is 13.6. The van der Waals surface area contributed by atoms with Crippen molar-refractivity contribution in [3.63, 3.8) is 0 Å². The Morgan fingerprint density at radius 2 is 2.14 bits per heavy atom. The fourth-order valence-electron chi connectivity index (χ4n) is 3.49. The first-order chi connectivity index (χ1) is 10.4. The normalized spacial score (nSPS) is 15.5. The van der Waals surface area contributed by atoms with Crippen molar-refractivity contribution >= 4 is 5.91 Å². The van der Waals surface area contributed by atoms with Crippen molar-refractivity contribution in [1.29, 1.82) is 0 Å². The number of nitrogens with zero attached hydrogens (tertiary/aromatic N) is 2. The van der Waals surface area contributed by atoms with Crippen LogP contribution in [0.25, 0.3) is 0 Å². The Kier molecular flexibility index (Phi) is 3.59. The highest BCUT2D eigenvalue weighted by Crippen LogP contribution is 2.32. The van der Waals surface area contributed by atoms with Crippen molar-refractivity contribution in [2.24, 2.45) is 0 Å². The van der Waals surface area contributed by atoms with Crippen molar-refractivity contribution in [2.75, 3.05) is 6.54 Å². The molecular formula is C17H22N2O3. The van der Waals surface area contributed by atoms with Gasteiger partial charge in [0.05, 0.1) is 17.4 Å². The van der Waals surface area contributed by atoms with E-state index < -0.39 is 5.41 Å². The molecule has 0 spiro atoms. The van der Waals surface area contributed by atoms with Crippen LogP contribution in [-0.4, -0.2) is 22.5 Å². The summed E-state index contributed by atoms with van der Waals surface area (Å²) in [6, 6.07) is 1.96. The van der Waals surface area contributed by atoms with Gasteiger partial charge >= 0.3 is 0 Å². The summed E-state index contributed by atoms with van der Waals surface area (Å²) in [4.78, 5) is 15.1. The predicted octanol–water partition coefficient (Wildman–Crippen LogP) is 3.14. The van der Waals surface area contributed by atoms with Crippen molar-refractivity contribution in [2.45, 2.75) is 52.5 Å². The topological polar surface area (TPSA) is 59.5 Å². The second-order valence-electron chi connectivity index (χ2n) is 6.52. The van der Waals surface area contributed by atoms with Crippen molar-refractivity contribution < 1.29 is 13.7 Å². The smallest absolute Gasteiger partial charge is 0.233 e. The van der Waals surface area contributed by atoms with E-state index in [1.165, 1.54) is 0 Å². The minimum Gasteiger partial charge on any atom is -0.469 e. The second kappa shape index (κ2) is 5.30. The average molecular weight is 302 g/mol. The molecule has 0 bridgehead atoms. The zero-order chi connectivity index (χ0) is 15.9. The van der Waals surface area contributed by atoms with Gasteiger partial charge in [-0.15, -0.1) is 0 Å². The first-order valence-electron chi connectivity index (χ1n) is 7.69. The van der Waals surface area contributed by atoms with Crippen LogP contribution < -0.4 is 0 Å². The van der Waals surface area contributed by atoms with Gasteiger partial charge in [-0.1, -0.05) is 5.16 Å². The van der Waals surface area contributed by atoms with Crippen LogP contribution in [0.3, 0.4) is 0 Å². The summed E-state index contributed by atoms with van der Waals surface area (Å²) in [5.41, 5.74) is 2.15. The van der Waals surface area contributed by atoms with E-state index in [0.29, 0.717) is 6.54 Å². The maximum Gasteiger partial charge on any atom is 0.233 e. The Bertz CT molecular complexity index is 677. The quantitative estimate of drug-likeness (QED) is 0.855. The van der Waals surface area contributed by atoms with Crippen LogP contribution in [0.2, 0.25) is 0 Å². The molecule has 22 heavy (non-hydrogen) atoms. The van der Waals surface area contributed by atoms with Gasteiger partial charge in [-0.2, -0.15) is 0 Å². The summed E-state index contributed by atoms with van der Waals surface area (Å²) in [5.74, 6) is 1.83. The molecule has 0 N–H and O–H groups in total. The van der Waals surface area contributed by atoms with Crippen molar-refractivity contribution in [3.8, 4) is 0 Å². The fourth-order valence-corrected chi connectivity index (χ4v) is 3.49. The lowest BCUT2D eigenvalue weighted by atomic mass is 9.81. The number of carbonyl (C=O) groups excluding carboxylic acids is 1. The van der Waals surface area contributed by atoms with Gasteiger partial charge in [0.25, 0.3) is 0 Å². The number of aromatic nitrogens is 1. The predicted molar refractivity (Wildman–Crippen MR) is 81.4 cm³/mol. The van der Waals surface area contributed by atoms with E-state index in [9.17, 15) is 4.79 Å². The van der Waals surface area contributed by atoms with Gasteiger partial charge in [0.15, 0.2) is 0 Å². The van der Waals surface area contributed by atoms with Gasteiger partial charge < -0.3 is 13.8 Å². The number of rotatable bonds is 2.